The van der Waals surface area contributed by atoms with Crippen LogP contribution in [0.3, 0.4) is 0 Å². The molecule has 0 N–H and O–H groups in total. The number of nitrogens with zero attached hydrogens (tertiary/aromatic N) is 2. The van der Waals surface area contributed by atoms with Gasteiger partial charge < -0.3 is 9.80 Å². The molecule has 6 aromatic carbocycles. The molecule has 0 aliphatic rings. The zero-order valence-electron chi connectivity index (χ0n) is 25.5. The summed E-state index contributed by atoms with van der Waals surface area (Å²) in [5.41, 5.74) is 11.8. The maximum atomic E-state index is 2.39. The third-order valence-electron chi connectivity index (χ3n) is 8.10. The Balaban J connectivity index is 1.53. The van der Waals surface area contributed by atoms with Crippen molar-refractivity contribution < 1.29 is 0 Å². The van der Waals surface area contributed by atoms with Gasteiger partial charge in [-0.2, -0.15) is 0 Å². The molecule has 0 saturated heterocycles. The molecule has 0 aliphatic carbocycles. The zero-order chi connectivity index (χ0) is 30.1. The molecule has 0 aromatic heterocycles. The van der Waals surface area contributed by atoms with Crippen molar-refractivity contribution in [2.45, 2.75) is 13.8 Å². The van der Waals surface area contributed by atoms with Crippen LogP contribution in [0.5, 0.6) is 0 Å². The van der Waals surface area contributed by atoms with E-state index >= 15 is 0 Å². The van der Waals surface area contributed by atoms with Crippen LogP contribution in [-0.4, -0.2) is 13.1 Å². The van der Waals surface area contributed by atoms with Gasteiger partial charge in [-0.15, -0.1) is 0 Å². The predicted octanol–water partition coefficient (Wildman–Crippen LogP) is 11.0. The highest BCUT2D eigenvalue weighted by Gasteiger charge is 2.18. The molecule has 0 aliphatic heterocycles. The van der Waals surface area contributed by atoms with Gasteiger partial charge in [0.2, 0.25) is 0 Å². The Kier molecular flexibility index (Phi) is 8.99. The fraction of sp³-hybridized carbons (Fsp3) is 0.0952. The Morgan fingerprint density at radius 3 is 1.00 bits per heavy atom. The Hall–Kier alpha value is -5.34. The summed E-state index contributed by atoms with van der Waals surface area (Å²) in [5.74, 6) is 0. The molecule has 0 heterocycles. The topological polar surface area (TPSA) is 6.48 Å². The van der Waals surface area contributed by atoms with Crippen LogP contribution in [0.25, 0.3) is 11.1 Å². The average Bonchev–Trinajstić information content (AvgIpc) is 3.10. The lowest BCUT2D eigenvalue weighted by Crippen LogP contribution is -2.21. The summed E-state index contributed by atoms with van der Waals surface area (Å²) in [4.78, 5) is 4.69. The monoisotopic (exact) mass is 570 g/mol. The van der Waals surface area contributed by atoms with E-state index in [9.17, 15) is 0 Å². The normalized spacial score (nSPS) is 11.5. The molecule has 0 atom stereocenters. The third kappa shape index (κ3) is 6.21. The van der Waals surface area contributed by atoms with Crippen LogP contribution in [0.1, 0.15) is 36.1 Å². The molecule has 44 heavy (non-hydrogen) atoms. The summed E-state index contributed by atoms with van der Waals surface area (Å²) in [6.07, 6.45) is 0. The minimum absolute atomic E-state index is 0.988. The van der Waals surface area contributed by atoms with Crippen LogP contribution >= 0.6 is 0 Å². The van der Waals surface area contributed by atoms with E-state index in [-0.39, 0.29) is 0 Å². The van der Waals surface area contributed by atoms with Crippen LogP contribution in [0.4, 0.5) is 22.7 Å². The molecule has 0 bridgehead atoms. The molecule has 0 radical (unpaired) electrons. The average molecular weight is 571 g/mol. The number of rotatable bonds is 10. The summed E-state index contributed by atoms with van der Waals surface area (Å²) in [5, 5.41) is 0. The molecule has 2 nitrogen and oxygen atoms in total. The van der Waals surface area contributed by atoms with E-state index in [1.807, 2.05) is 0 Å². The SMILES string of the molecule is CCN(CC)c1ccc(/C(=C(\c2ccccc2)c2ccc(N(c3ccccc3)c3ccccc3)cc2)c2ccccc2)cc1. The molecule has 0 amide bonds. The standard InChI is InChI=1S/C42H38N2/c1-3-43(4-2)37-29-25-35(26-30-37)41(33-17-9-5-10-18-33)42(34-19-11-6-12-20-34)36-27-31-40(32-28-36)44(38-21-13-7-14-22-38)39-23-15-8-16-24-39/h5-32H,3-4H2,1-2H3/b42-41+. The Morgan fingerprint density at radius 1 is 0.341 bits per heavy atom. The Labute approximate surface area is 262 Å². The second-order valence-corrected chi connectivity index (χ2v) is 10.8. The smallest absolute Gasteiger partial charge is 0.0462 e. The molecule has 6 rings (SSSR count). The second-order valence-electron chi connectivity index (χ2n) is 10.8. The molecule has 216 valence electrons. The van der Waals surface area contributed by atoms with Crippen molar-refractivity contribution >= 4 is 33.9 Å². The van der Waals surface area contributed by atoms with Gasteiger partial charge in [0.05, 0.1) is 0 Å². The van der Waals surface area contributed by atoms with Crippen molar-refractivity contribution in [3.8, 4) is 0 Å². The van der Waals surface area contributed by atoms with Crippen molar-refractivity contribution in [3.63, 3.8) is 0 Å². The minimum Gasteiger partial charge on any atom is -0.372 e. The maximum Gasteiger partial charge on any atom is 0.0462 e. The summed E-state index contributed by atoms with van der Waals surface area (Å²) < 4.78 is 0. The van der Waals surface area contributed by atoms with Gasteiger partial charge in [-0.05, 0) is 95.8 Å². The number of hydrogen-bond acceptors (Lipinski definition) is 2. The second kappa shape index (κ2) is 13.8. The predicted molar refractivity (Wildman–Crippen MR) is 189 cm³/mol. The fourth-order valence-corrected chi connectivity index (χ4v) is 5.93. The number of benzene rings is 6. The van der Waals surface area contributed by atoms with Crippen LogP contribution in [0, 0.1) is 0 Å². The third-order valence-corrected chi connectivity index (χ3v) is 8.10. The fourth-order valence-electron chi connectivity index (χ4n) is 5.93. The number of anilines is 4. The summed E-state index contributed by atoms with van der Waals surface area (Å²) in [6.45, 7) is 6.39. The molecular formula is C42H38N2. The molecule has 0 saturated carbocycles. The van der Waals surface area contributed by atoms with Gasteiger partial charge >= 0.3 is 0 Å². The van der Waals surface area contributed by atoms with E-state index in [2.05, 4.69) is 194 Å². The summed E-state index contributed by atoms with van der Waals surface area (Å²) >= 11 is 0. The highest BCUT2D eigenvalue weighted by Crippen LogP contribution is 2.39. The van der Waals surface area contributed by atoms with E-state index in [0.717, 1.165) is 30.2 Å². The Morgan fingerprint density at radius 2 is 0.636 bits per heavy atom. The first kappa shape index (κ1) is 28.8. The van der Waals surface area contributed by atoms with Crippen molar-refractivity contribution in [2.75, 3.05) is 22.9 Å². The first-order valence-electron chi connectivity index (χ1n) is 15.5. The molecule has 6 aromatic rings. The van der Waals surface area contributed by atoms with E-state index in [4.69, 9.17) is 0 Å². The lowest BCUT2D eigenvalue weighted by Gasteiger charge is -2.26. The number of hydrogen-bond donors (Lipinski definition) is 0. The van der Waals surface area contributed by atoms with E-state index in [0.29, 0.717) is 0 Å². The highest BCUT2D eigenvalue weighted by atomic mass is 15.1. The lowest BCUT2D eigenvalue weighted by atomic mass is 9.85. The van der Waals surface area contributed by atoms with Crippen molar-refractivity contribution in [3.05, 3.63) is 192 Å². The van der Waals surface area contributed by atoms with Gasteiger partial charge in [-0.25, -0.2) is 0 Å². The Bertz CT molecular complexity index is 1730. The molecule has 0 unspecified atom stereocenters. The first-order chi connectivity index (χ1) is 21.8. The number of para-hydroxylation sites is 2. The molecular weight excluding hydrogens is 532 g/mol. The van der Waals surface area contributed by atoms with Crippen LogP contribution in [0.15, 0.2) is 170 Å². The van der Waals surface area contributed by atoms with Crippen molar-refractivity contribution in [1.29, 1.82) is 0 Å². The zero-order valence-corrected chi connectivity index (χ0v) is 25.5. The molecule has 0 fully saturated rings. The van der Waals surface area contributed by atoms with Crippen molar-refractivity contribution in [2.24, 2.45) is 0 Å². The van der Waals surface area contributed by atoms with Crippen molar-refractivity contribution in [1.82, 2.24) is 0 Å². The van der Waals surface area contributed by atoms with Gasteiger partial charge in [0.15, 0.2) is 0 Å². The molecule has 0 spiro atoms. The summed E-state index contributed by atoms with van der Waals surface area (Å²) in [6, 6.07) is 60.8. The maximum absolute atomic E-state index is 2.39. The van der Waals surface area contributed by atoms with Crippen LogP contribution in [-0.2, 0) is 0 Å². The minimum atomic E-state index is 0.988. The van der Waals surface area contributed by atoms with Gasteiger partial charge in [0, 0.05) is 35.8 Å². The van der Waals surface area contributed by atoms with Crippen LogP contribution in [0.2, 0.25) is 0 Å². The molecule has 2 heteroatoms. The van der Waals surface area contributed by atoms with Gasteiger partial charge in [0.25, 0.3) is 0 Å². The van der Waals surface area contributed by atoms with Gasteiger partial charge in [0.1, 0.15) is 0 Å². The summed E-state index contributed by atoms with van der Waals surface area (Å²) in [7, 11) is 0. The first-order valence-corrected chi connectivity index (χ1v) is 15.5. The quantitative estimate of drug-likeness (QED) is 0.151. The highest BCUT2D eigenvalue weighted by molar-refractivity contribution is 6.04. The van der Waals surface area contributed by atoms with E-state index < -0.39 is 0 Å². The lowest BCUT2D eigenvalue weighted by molar-refractivity contribution is 0.866. The van der Waals surface area contributed by atoms with Gasteiger partial charge in [-0.1, -0.05) is 121 Å². The van der Waals surface area contributed by atoms with E-state index in [1.54, 1.807) is 0 Å². The van der Waals surface area contributed by atoms with Crippen LogP contribution < -0.4 is 9.80 Å². The largest absolute Gasteiger partial charge is 0.372 e. The van der Waals surface area contributed by atoms with Gasteiger partial charge in [-0.3, -0.25) is 0 Å². The van der Waals surface area contributed by atoms with E-state index in [1.165, 1.54) is 39.1 Å².